The second-order valence-corrected chi connectivity index (χ2v) is 6.84. The molecule has 1 aliphatic carbocycles. The van der Waals surface area contributed by atoms with Crippen molar-refractivity contribution in [2.75, 3.05) is 11.4 Å². The van der Waals surface area contributed by atoms with Crippen LogP contribution in [0.2, 0.25) is 0 Å². The number of carboxylic acid groups (broad SMARTS) is 1. The molecule has 1 saturated carbocycles. The van der Waals surface area contributed by atoms with Gasteiger partial charge in [-0.05, 0) is 36.8 Å². The van der Waals surface area contributed by atoms with Gasteiger partial charge in [-0.2, -0.15) is 0 Å². The Morgan fingerprint density at radius 2 is 2.00 bits per heavy atom. The molecule has 1 aliphatic heterocycles. The summed E-state index contributed by atoms with van der Waals surface area (Å²) in [5, 5.41) is 9.27. The third-order valence-electron chi connectivity index (χ3n) is 4.98. The number of carbonyl (C=O) groups excluding carboxylic acids is 1. The summed E-state index contributed by atoms with van der Waals surface area (Å²) in [4.78, 5) is 25.9. The Hall–Kier alpha value is -1.84. The smallest absolute Gasteiger partial charge is 0.307 e. The number of aliphatic carboxylic acids is 1. The van der Waals surface area contributed by atoms with Crippen molar-refractivity contribution in [1.29, 1.82) is 0 Å². The van der Waals surface area contributed by atoms with Gasteiger partial charge in [0.05, 0.1) is 11.8 Å². The van der Waals surface area contributed by atoms with Gasteiger partial charge in [0, 0.05) is 12.2 Å². The lowest BCUT2D eigenvalue weighted by atomic mass is 9.98. The summed E-state index contributed by atoms with van der Waals surface area (Å²) in [5.74, 6) is -1.85. The monoisotopic (exact) mass is 287 g/mol. The standard InChI is InChI=1S/C17H21NO3/c1-10-6-7-12-11(9-10)5-4-8-18(12)15(19)13-14(16(20)21)17(13,2)3/h6-7,9,13-14H,4-5,8H2,1-3H3,(H,20,21)/t13-,14+/m1/s1. The summed E-state index contributed by atoms with van der Waals surface area (Å²) in [6, 6.07) is 6.13. The average molecular weight is 287 g/mol. The fourth-order valence-electron chi connectivity index (χ4n) is 3.68. The molecule has 1 fully saturated rings. The second kappa shape index (κ2) is 4.58. The van der Waals surface area contributed by atoms with E-state index in [2.05, 4.69) is 6.07 Å². The fourth-order valence-corrected chi connectivity index (χ4v) is 3.68. The number of rotatable bonds is 2. The molecule has 0 spiro atoms. The van der Waals surface area contributed by atoms with Gasteiger partial charge in [0.1, 0.15) is 0 Å². The van der Waals surface area contributed by atoms with Crippen molar-refractivity contribution in [3.63, 3.8) is 0 Å². The Morgan fingerprint density at radius 1 is 1.29 bits per heavy atom. The van der Waals surface area contributed by atoms with Crippen LogP contribution in [0.1, 0.15) is 31.4 Å². The van der Waals surface area contributed by atoms with Crippen molar-refractivity contribution >= 4 is 17.6 Å². The first-order valence-electron chi connectivity index (χ1n) is 7.47. The summed E-state index contributed by atoms with van der Waals surface area (Å²) >= 11 is 0. The Bertz CT molecular complexity index is 620. The number of amides is 1. The fraction of sp³-hybridized carbons (Fsp3) is 0.529. The summed E-state index contributed by atoms with van der Waals surface area (Å²) in [6.45, 7) is 6.47. The molecule has 1 N–H and O–H groups in total. The van der Waals surface area contributed by atoms with Gasteiger partial charge >= 0.3 is 5.97 Å². The van der Waals surface area contributed by atoms with E-state index >= 15 is 0 Å². The molecule has 0 radical (unpaired) electrons. The Labute approximate surface area is 124 Å². The number of carbonyl (C=O) groups is 2. The maximum absolute atomic E-state index is 12.8. The number of carboxylic acids is 1. The number of anilines is 1. The van der Waals surface area contributed by atoms with Gasteiger partial charge in [-0.3, -0.25) is 9.59 Å². The minimum Gasteiger partial charge on any atom is -0.481 e. The Balaban J connectivity index is 1.90. The van der Waals surface area contributed by atoms with Gasteiger partial charge in [-0.25, -0.2) is 0 Å². The maximum Gasteiger partial charge on any atom is 0.307 e. The molecule has 1 amide bonds. The molecule has 0 saturated heterocycles. The molecule has 3 rings (SSSR count). The van der Waals surface area contributed by atoms with Crippen molar-refractivity contribution < 1.29 is 14.7 Å². The number of benzene rings is 1. The maximum atomic E-state index is 12.8. The van der Waals surface area contributed by atoms with E-state index in [1.807, 2.05) is 32.9 Å². The van der Waals surface area contributed by atoms with Crippen molar-refractivity contribution in [3.05, 3.63) is 29.3 Å². The highest BCUT2D eigenvalue weighted by Crippen LogP contribution is 2.59. The Morgan fingerprint density at radius 3 is 2.62 bits per heavy atom. The molecule has 4 nitrogen and oxygen atoms in total. The predicted molar refractivity (Wildman–Crippen MR) is 80.2 cm³/mol. The van der Waals surface area contributed by atoms with E-state index in [0.717, 1.165) is 18.5 Å². The molecule has 2 atom stereocenters. The minimum absolute atomic E-state index is 0.0304. The number of nitrogens with zero attached hydrogens (tertiary/aromatic N) is 1. The number of fused-ring (bicyclic) bond motifs is 1. The van der Waals surface area contributed by atoms with Crippen LogP contribution in [0.3, 0.4) is 0 Å². The van der Waals surface area contributed by atoms with Gasteiger partial charge in [0.25, 0.3) is 0 Å². The van der Waals surface area contributed by atoms with Crippen LogP contribution in [0.4, 0.5) is 5.69 Å². The van der Waals surface area contributed by atoms with Crippen molar-refractivity contribution in [1.82, 2.24) is 0 Å². The summed E-state index contributed by atoms with van der Waals surface area (Å²) < 4.78 is 0. The van der Waals surface area contributed by atoms with Crippen LogP contribution in [0.15, 0.2) is 18.2 Å². The van der Waals surface area contributed by atoms with Crippen LogP contribution in [0, 0.1) is 24.2 Å². The largest absolute Gasteiger partial charge is 0.481 e. The van der Waals surface area contributed by atoms with Gasteiger partial charge in [-0.1, -0.05) is 31.5 Å². The lowest BCUT2D eigenvalue weighted by molar-refractivity contribution is -0.140. The van der Waals surface area contributed by atoms with Gasteiger partial charge in [0.15, 0.2) is 0 Å². The molecule has 0 bridgehead atoms. The van der Waals surface area contributed by atoms with Gasteiger partial charge < -0.3 is 10.0 Å². The first-order chi connectivity index (χ1) is 9.84. The average Bonchev–Trinajstić information content (AvgIpc) is 3.00. The van der Waals surface area contributed by atoms with Crippen molar-refractivity contribution in [2.45, 2.75) is 33.6 Å². The molecular weight excluding hydrogens is 266 g/mol. The van der Waals surface area contributed by atoms with E-state index in [1.165, 1.54) is 11.1 Å². The molecule has 1 aromatic carbocycles. The zero-order valence-corrected chi connectivity index (χ0v) is 12.7. The zero-order chi connectivity index (χ0) is 15.4. The van der Waals surface area contributed by atoms with Crippen LogP contribution in [0.5, 0.6) is 0 Å². The normalized spacial score (nSPS) is 26.1. The molecule has 2 aliphatic rings. The first-order valence-corrected chi connectivity index (χ1v) is 7.47. The van der Waals surface area contributed by atoms with Crippen LogP contribution >= 0.6 is 0 Å². The molecule has 1 aromatic rings. The van der Waals surface area contributed by atoms with E-state index in [9.17, 15) is 14.7 Å². The van der Waals surface area contributed by atoms with Crippen LogP contribution in [-0.2, 0) is 16.0 Å². The van der Waals surface area contributed by atoms with Gasteiger partial charge in [0.2, 0.25) is 5.91 Å². The van der Waals surface area contributed by atoms with E-state index < -0.39 is 23.2 Å². The van der Waals surface area contributed by atoms with E-state index in [-0.39, 0.29) is 5.91 Å². The first kappa shape index (κ1) is 14.1. The van der Waals surface area contributed by atoms with Gasteiger partial charge in [-0.15, -0.1) is 0 Å². The van der Waals surface area contributed by atoms with E-state index in [1.54, 1.807) is 4.90 Å². The number of hydrogen-bond donors (Lipinski definition) is 1. The minimum atomic E-state index is -0.862. The highest BCUT2D eigenvalue weighted by molar-refractivity contribution is 6.02. The molecular formula is C17H21NO3. The van der Waals surface area contributed by atoms with Crippen LogP contribution in [-0.4, -0.2) is 23.5 Å². The van der Waals surface area contributed by atoms with Crippen molar-refractivity contribution in [2.24, 2.45) is 17.3 Å². The third-order valence-corrected chi connectivity index (χ3v) is 4.98. The SMILES string of the molecule is Cc1ccc2c(c1)CCCN2C(=O)[C@H]1[C@@H](C(=O)O)C1(C)C. The summed E-state index contributed by atoms with van der Waals surface area (Å²) in [7, 11) is 0. The molecule has 0 unspecified atom stereocenters. The summed E-state index contributed by atoms with van der Waals surface area (Å²) in [6.07, 6.45) is 1.92. The quantitative estimate of drug-likeness (QED) is 0.909. The number of aryl methyl sites for hydroxylation is 2. The van der Waals surface area contributed by atoms with E-state index in [0.29, 0.717) is 6.54 Å². The van der Waals surface area contributed by atoms with Crippen LogP contribution in [0.25, 0.3) is 0 Å². The molecule has 0 aromatic heterocycles. The molecule has 1 heterocycles. The molecule has 4 heteroatoms. The molecule has 112 valence electrons. The highest BCUT2D eigenvalue weighted by atomic mass is 16.4. The highest BCUT2D eigenvalue weighted by Gasteiger charge is 2.66. The van der Waals surface area contributed by atoms with E-state index in [4.69, 9.17) is 0 Å². The lowest BCUT2D eigenvalue weighted by Crippen LogP contribution is -2.37. The number of hydrogen-bond acceptors (Lipinski definition) is 2. The molecule has 21 heavy (non-hydrogen) atoms. The zero-order valence-electron chi connectivity index (χ0n) is 12.7. The van der Waals surface area contributed by atoms with Crippen molar-refractivity contribution in [3.8, 4) is 0 Å². The topological polar surface area (TPSA) is 57.6 Å². The Kier molecular flexibility index (Phi) is 3.08. The predicted octanol–water partition coefficient (Wildman–Crippen LogP) is 2.63. The third kappa shape index (κ3) is 2.13. The summed E-state index contributed by atoms with van der Waals surface area (Å²) in [5.41, 5.74) is 2.91. The van der Waals surface area contributed by atoms with Crippen LogP contribution < -0.4 is 4.90 Å². The lowest BCUT2D eigenvalue weighted by Gasteiger charge is -2.30. The second-order valence-electron chi connectivity index (χ2n) is 6.84.